The van der Waals surface area contributed by atoms with Crippen molar-refractivity contribution in [3.63, 3.8) is 0 Å². The average Bonchev–Trinajstić information content (AvgIpc) is 2.35. The van der Waals surface area contributed by atoms with E-state index < -0.39 is 5.54 Å². The van der Waals surface area contributed by atoms with Gasteiger partial charge in [0.05, 0.1) is 18.8 Å². The molecule has 0 spiro atoms. The lowest BCUT2D eigenvalue weighted by molar-refractivity contribution is 0.146. The summed E-state index contributed by atoms with van der Waals surface area (Å²) in [5.74, 6) is 1.55. The fraction of sp³-hybridized carbons (Fsp3) is 0.538. The molecule has 3 N–H and O–H groups in total. The van der Waals surface area contributed by atoms with Crippen molar-refractivity contribution in [3.8, 4) is 11.5 Å². The molecule has 0 aliphatic carbocycles. The van der Waals surface area contributed by atoms with Gasteiger partial charge in [0, 0.05) is 0 Å². The molecule has 4 heteroatoms. The van der Waals surface area contributed by atoms with Crippen LogP contribution in [0.3, 0.4) is 0 Å². The van der Waals surface area contributed by atoms with Gasteiger partial charge in [0.25, 0.3) is 0 Å². The number of ether oxygens (including phenoxy) is 2. The SMILES string of the molecule is CCCOc1ccc(OCC(C)(N)CO)cc1. The maximum absolute atomic E-state index is 8.99. The second-order valence-electron chi connectivity index (χ2n) is 4.42. The zero-order valence-electron chi connectivity index (χ0n) is 10.5. The molecule has 0 fully saturated rings. The second-order valence-corrected chi connectivity index (χ2v) is 4.42. The predicted molar refractivity (Wildman–Crippen MR) is 67.4 cm³/mol. The van der Waals surface area contributed by atoms with Crippen molar-refractivity contribution in [2.45, 2.75) is 25.8 Å². The Morgan fingerprint density at radius 2 is 1.71 bits per heavy atom. The lowest BCUT2D eigenvalue weighted by atomic mass is 10.1. The minimum atomic E-state index is -0.711. The van der Waals surface area contributed by atoms with Crippen molar-refractivity contribution in [1.29, 1.82) is 0 Å². The van der Waals surface area contributed by atoms with Crippen LogP contribution in [0.4, 0.5) is 0 Å². The van der Waals surface area contributed by atoms with Crippen LogP contribution in [0.15, 0.2) is 24.3 Å². The first-order chi connectivity index (χ1) is 8.07. The maximum Gasteiger partial charge on any atom is 0.119 e. The van der Waals surface area contributed by atoms with Gasteiger partial charge in [0.1, 0.15) is 18.1 Å². The van der Waals surface area contributed by atoms with E-state index in [2.05, 4.69) is 6.92 Å². The van der Waals surface area contributed by atoms with Crippen LogP contribution in [0.25, 0.3) is 0 Å². The van der Waals surface area contributed by atoms with Crippen molar-refractivity contribution in [1.82, 2.24) is 0 Å². The lowest BCUT2D eigenvalue weighted by Gasteiger charge is -2.21. The van der Waals surface area contributed by atoms with E-state index in [4.69, 9.17) is 20.3 Å². The molecule has 1 aromatic rings. The van der Waals surface area contributed by atoms with Gasteiger partial charge in [-0.1, -0.05) is 6.92 Å². The Hall–Kier alpha value is -1.26. The Morgan fingerprint density at radius 1 is 1.18 bits per heavy atom. The third kappa shape index (κ3) is 5.06. The minimum Gasteiger partial charge on any atom is -0.494 e. The largest absolute Gasteiger partial charge is 0.494 e. The van der Waals surface area contributed by atoms with Crippen molar-refractivity contribution in [3.05, 3.63) is 24.3 Å². The molecule has 96 valence electrons. The predicted octanol–water partition coefficient (Wildman–Crippen LogP) is 1.56. The van der Waals surface area contributed by atoms with Gasteiger partial charge >= 0.3 is 0 Å². The summed E-state index contributed by atoms with van der Waals surface area (Å²) < 4.78 is 10.9. The van der Waals surface area contributed by atoms with Gasteiger partial charge in [0.2, 0.25) is 0 Å². The molecule has 1 unspecified atom stereocenters. The highest BCUT2D eigenvalue weighted by atomic mass is 16.5. The van der Waals surface area contributed by atoms with Crippen LogP contribution in [0, 0.1) is 0 Å². The van der Waals surface area contributed by atoms with Crippen LogP contribution in [0.2, 0.25) is 0 Å². The van der Waals surface area contributed by atoms with Crippen LogP contribution in [-0.2, 0) is 0 Å². The molecular weight excluding hydrogens is 218 g/mol. The highest BCUT2D eigenvalue weighted by Gasteiger charge is 2.17. The molecule has 4 nitrogen and oxygen atoms in total. The van der Waals surface area contributed by atoms with Crippen LogP contribution in [0.5, 0.6) is 11.5 Å². The number of hydrogen-bond acceptors (Lipinski definition) is 4. The Labute approximate surface area is 102 Å². The van der Waals surface area contributed by atoms with Crippen molar-refractivity contribution in [2.24, 2.45) is 5.73 Å². The molecule has 1 atom stereocenters. The molecular formula is C13H21NO3. The van der Waals surface area contributed by atoms with Crippen LogP contribution >= 0.6 is 0 Å². The number of aliphatic hydroxyl groups excluding tert-OH is 1. The van der Waals surface area contributed by atoms with Crippen LogP contribution < -0.4 is 15.2 Å². The normalized spacial score (nSPS) is 14.1. The van der Waals surface area contributed by atoms with Crippen molar-refractivity contribution in [2.75, 3.05) is 19.8 Å². The number of aliphatic hydroxyl groups is 1. The minimum absolute atomic E-state index is 0.106. The summed E-state index contributed by atoms with van der Waals surface area (Å²) in [5, 5.41) is 8.99. The molecule has 0 aliphatic rings. The van der Waals surface area contributed by atoms with E-state index in [1.807, 2.05) is 24.3 Å². The summed E-state index contributed by atoms with van der Waals surface area (Å²) in [6, 6.07) is 7.38. The van der Waals surface area contributed by atoms with E-state index in [-0.39, 0.29) is 13.2 Å². The van der Waals surface area contributed by atoms with E-state index in [0.29, 0.717) is 6.61 Å². The molecule has 1 rings (SSSR count). The first kappa shape index (κ1) is 13.8. The smallest absolute Gasteiger partial charge is 0.119 e. The standard InChI is InChI=1S/C13H21NO3/c1-3-8-16-11-4-6-12(7-5-11)17-10-13(2,14)9-15/h4-7,15H,3,8-10,14H2,1-2H3. The molecule has 1 aromatic carbocycles. The third-order valence-electron chi connectivity index (χ3n) is 2.23. The first-order valence-corrected chi connectivity index (χ1v) is 5.83. The topological polar surface area (TPSA) is 64.7 Å². The van der Waals surface area contributed by atoms with Crippen LogP contribution in [-0.4, -0.2) is 30.5 Å². The summed E-state index contributed by atoms with van der Waals surface area (Å²) in [5.41, 5.74) is 5.05. The zero-order valence-corrected chi connectivity index (χ0v) is 10.5. The fourth-order valence-electron chi connectivity index (χ4n) is 1.15. The van der Waals surface area contributed by atoms with Gasteiger partial charge in [-0.05, 0) is 37.6 Å². The van der Waals surface area contributed by atoms with Gasteiger partial charge in [-0.15, -0.1) is 0 Å². The molecule has 0 saturated heterocycles. The van der Waals surface area contributed by atoms with Crippen molar-refractivity contribution < 1.29 is 14.6 Å². The summed E-state index contributed by atoms with van der Waals surface area (Å²) in [6.07, 6.45) is 0.986. The number of rotatable bonds is 7. The van der Waals surface area contributed by atoms with Gasteiger partial charge < -0.3 is 20.3 Å². The molecule has 0 bridgehead atoms. The van der Waals surface area contributed by atoms with E-state index in [9.17, 15) is 0 Å². The quantitative estimate of drug-likeness (QED) is 0.758. The lowest BCUT2D eigenvalue weighted by Crippen LogP contribution is -2.45. The summed E-state index contributed by atoms with van der Waals surface area (Å²) in [4.78, 5) is 0. The van der Waals surface area contributed by atoms with E-state index in [1.165, 1.54) is 0 Å². The van der Waals surface area contributed by atoms with Gasteiger partial charge in [-0.2, -0.15) is 0 Å². The Bertz CT molecular complexity index is 322. The monoisotopic (exact) mass is 239 g/mol. The molecule has 0 saturated carbocycles. The maximum atomic E-state index is 8.99. The highest BCUT2D eigenvalue weighted by molar-refractivity contribution is 5.31. The summed E-state index contributed by atoms with van der Waals surface area (Å²) in [6.45, 7) is 4.69. The number of nitrogens with two attached hydrogens (primary N) is 1. The van der Waals surface area contributed by atoms with Gasteiger partial charge in [0.15, 0.2) is 0 Å². The molecule has 0 amide bonds. The Balaban J connectivity index is 2.45. The Morgan fingerprint density at radius 3 is 2.18 bits per heavy atom. The fourth-order valence-corrected chi connectivity index (χ4v) is 1.15. The summed E-state index contributed by atoms with van der Waals surface area (Å²) in [7, 11) is 0. The Kier molecular flexibility index (Phi) is 5.25. The second kappa shape index (κ2) is 6.47. The van der Waals surface area contributed by atoms with E-state index >= 15 is 0 Å². The highest BCUT2D eigenvalue weighted by Crippen LogP contribution is 2.18. The molecule has 17 heavy (non-hydrogen) atoms. The first-order valence-electron chi connectivity index (χ1n) is 5.83. The molecule has 0 heterocycles. The molecule has 0 radical (unpaired) electrons. The average molecular weight is 239 g/mol. The third-order valence-corrected chi connectivity index (χ3v) is 2.23. The van der Waals surface area contributed by atoms with E-state index in [1.54, 1.807) is 6.92 Å². The molecule has 0 aromatic heterocycles. The summed E-state index contributed by atoms with van der Waals surface area (Å²) >= 11 is 0. The number of benzene rings is 1. The van der Waals surface area contributed by atoms with Crippen LogP contribution in [0.1, 0.15) is 20.3 Å². The zero-order chi connectivity index (χ0) is 12.7. The number of hydrogen-bond donors (Lipinski definition) is 2. The van der Waals surface area contributed by atoms with Crippen molar-refractivity contribution >= 4 is 0 Å². The van der Waals surface area contributed by atoms with Gasteiger partial charge in [-0.3, -0.25) is 0 Å². The van der Waals surface area contributed by atoms with E-state index in [0.717, 1.165) is 17.9 Å². The van der Waals surface area contributed by atoms with Gasteiger partial charge in [-0.25, -0.2) is 0 Å². The molecule has 0 aliphatic heterocycles.